The van der Waals surface area contributed by atoms with Gasteiger partial charge in [0.15, 0.2) is 0 Å². The Kier molecular flexibility index (Phi) is 32.8. The Morgan fingerprint density at radius 1 is 0.417 bits per heavy atom. The zero-order valence-corrected chi connectivity index (χ0v) is 28.5. The fourth-order valence-electron chi connectivity index (χ4n) is 3.41. The minimum atomic E-state index is -0.315. The van der Waals surface area contributed by atoms with Gasteiger partial charge in [-0.1, -0.05) is 0 Å². The van der Waals surface area contributed by atoms with Crippen molar-refractivity contribution in [3.8, 4) is 5.75 Å². The molecule has 0 bridgehead atoms. The van der Waals surface area contributed by atoms with E-state index < -0.39 is 0 Å². The maximum absolute atomic E-state index is 10.6. The summed E-state index contributed by atoms with van der Waals surface area (Å²) in [5.41, 5.74) is 0.615. The number of hydrogen-bond donors (Lipinski definition) is 0. The average Bonchev–Trinajstić information content (AvgIpc) is 3.09. The normalized spacial score (nSPS) is 11.2. The van der Waals surface area contributed by atoms with E-state index in [1.165, 1.54) is 6.92 Å². The van der Waals surface area contributed by atoms with E-state index in [1.807, 2.05) is 0 Å². The number of hydrogen-bond acceptors (Lipinski definition) is 15. The van der Waals surface area contributed by atoms with Gasteiger partial charge in [-0.2, -0.15) is 0 Å². The first-order valence-corrected chi connectivity index (χ1v) is 16.4. The summed E-state index contributed by atoms with van der Waals surface area (Å²) in [6.07, 6.45) is 0.795. The van der Waals surface area contributed by atoms with Crippen LogP contribution in [0.1, 0.15) is 17.3 Å². The van der Waals surface area contributed by atoms with Gasteiger partial charge in [-0.3, -0.25) is 9.59 Å². The molecule has 15 nitrogen and oxygen atoms in total. The van der Waals surface area contributed by atoms with Crippen LogP contribution in [0, 0.1) is 0 Å². The third kappa shape index (κ3) is 32.3. The Labute approximate surface area is 284 Å². The number of benzene rings is 1. The van der Waals surface area contributed by atoms with E-state index in [2.05, 4.69) is 0 Å². The molecule has 15 heteroatoms. The molecule has 0 amide bonds. The minimum Gasteiger partial charge on any atom is -0.491 e. The van der Waals surface area contributed by atoms with Crippen LogP contribution in [0.2, 0.25) is 0 Å². The number of ether oxygens (including phenoxy) is 13. The average molecular weight is 693 g/mol. The number of aldehydes is 1. The lowest BCUT2D eigenvalue weighted by Crippen LogP contribution is -2.15. The highest BCUT2D eigenvalue weighted by molar-refractivity contribution is 5.74. The van der Waals surface area contributed by atoms with Crippen LogP contribution in [0.3, 0.4) is 0 Å². The molecule has 0 aliphatic rings. The second-order valence-electron chi connectivity index (χ2n) is 9.61. The smallest absolute Gasteiger partial charge is 0.302 e. The molecule has 0 heterocycles. The fraction of sp³-hybridized carbons (Fsp3) is 0.758. The lowest BCUT2D eigenvalue weighted by Gasteiger charge is -2.09. The van der Waals surface area contributed by atoms with Gasteiger partial charge in [0, 0.05) is 12.5 Å². The first-order chi connectivity index (χ1) is 23.7. The molecule has 0 atom stereocenters. The van der Waals surface area contributed by atoms with Crippen molar-refractivity contribution >= 4 is 12.3 Å². The van der Waals surface area contributed by atoms with E-state index in [1.54, 1.807) is 24.3 Å². The van der Waals surface area contributed by atoms with Gasteiger partial charge in [0.1, 0.15) is 25.2 Å². The van der Waals surface area contributed by atoms with E-state index in [-0.39, 0.29) is 12.6 Å². The Balaban J connectivity index is 1.63. The Morgan fingerprint density at radius 3 is 0.917 bits per heavy atom. The van der Waals surface area contributed by atoms with Crippen molar-refractivity contribution in [3.63, 3.8) is 0 Å². The van der Waals surface area contributed by atoms with Gasteiger partial charge >= 0.3 is 5.97 Å². The quantitative estimate of drug-likeness (QED) is 0.0560. The molecule has 0 spiro atoms. The Hall–Kier alpha value is -2.28. The van der Waals surface area contributed by atoms with E-state index in [0.29, 0.717) is 163 Å². The predicted molar refractivity (Wildman–Crippen MR) is 173 cm³/mol. The number of carbonyl (C=O) groups excluding carboxylic acids is 2. The van der Waals surface area contributed by atoms with Gasteiger partial charge in [0.25, 0.3) is 0 Å². The Bertz CT molecular complexity index is 828. The second-order valence-corrected chi connectivity index (χ2v) is 9.61. The van der Waals surface area contributed by atoms with Crippen molar-refractivity contribution in [1.82, 2.24) is 0 Å². The third-order valence-corrected chi connectivity index (χ3v) is 5.77. The minimum absolute atomic E-state index is 0.254. The molecular weight excluding hydrogens is 636 g/mol. The van der Waals surface area contributed by atoms with Crippen molar-refractivity contribution in [2.24, 2.45) is 0 Å². The second kappa shape index (κ2) is 36.0. The molecule has 1 aromatic rings. The third-order valence-electron chi connectivity index (χ3n) is 5.77. The standard InChI is InChI=1S/C33H56O15/c1-31(35)47-28-26-45-24-22-43-20-18-41-16-14-39-12-10-37-8-6-36-7-9-38-11-13-40-15-17-42-19-21-44-23-25-46-27-29-48-33-4-2-32(30-34)3-5-33/h2-5,30H,6-29H2,1H3. The number of rotatable bonds is 38. The topological polar surface area (TPSA) is 154 Å². The van der Waals surface area contributed by atoms with E-state index in [9.17, 15) is 9.59 Å². The summed E-state index contributed by atoms with van der Waals surface area (Å²) in [4.78, 5) is 21.2. The summed E-state index contributed by atoms with van der Waals surface area (Å²) in [5, 5.41) is 0. The molecule has 0 radical (unpaired) electrons. The molecule has 0 fully saturated rings. The summed E-state index contributed by atoms with van der Waals surface area (Å²) in [6.45, 7) is 12.5. The van der Waals surface area contributed by atoms with E-state index in [0.717, 1.165) is 6.29 Å². The maximum atomic E-state index is 10.6. The lowest BCUT2D eigenvalue weighted by molar-refractivity contribution is -0.142. The predicted octanol–water partition coefficient (Wildman–Crippen LogP) is 1.62. The van der Waals surface area contributed by atoms with Gasteiger partial charge in [0.2, 0.25) is 0 Å². The van der Waals surface area contributed by atoms with Crippen LogP contribution in [-0.2, 0) is 61.6 Å². The molecule has 1 aromatic carbocycles. The number of esters is 1. The molecule has 48 heavy (non-hydrogen) atoms. The summed E-state index contributed by atoms with van der Waals surface area (Å²) in [6, 6.07) is 6.92. The first-order valence-electron chi connectivity index (χ1n) is 16.4. The van der Waals surface area contributed by atoms with Crippen LogP contribution in [0.15, 0.2) is 24.3 Å². The zero-order chi connectivity index (χ0) is 34.4. The molecule has 0 aliphatic heterocycles. The van der Waals surface area contributed by atoms with Crippen molar-refractivity contribution in [2.75, 3.05) is 159 Å². The molecule has 0 saturated heterocycles. The molecule has 0 aliphatic carbocycles. The van der Waals surface area contributed by atoms with Crippen LogP contribution in [0.4, 0.5) is 0 Å². The van der Waals surface area contributed by atoms with Gasteiger partial charge < -0.3 is 61.6 Å². The molecule has 0 saturated carbocycles. The van der Waals surface area contributed by atoms with E-state index >= 15 is 0 Å². The van der Waals surface area contributed by atoms with Crippen LogP contribution < -0.4 is 4.74 Å². The highest BCUT2D eigenvalue weighted by atomic mass is 16.6. The Morgan fingerprint density at radius 2 is 0.667 bits per heavy atom. The monoisotopic (exact) mass is 692 g/mol. The van der Waals surface area contributed by atoms with Crippen LogP contribution in [-0.4, -0.2) is 171 Å². The SMILES string of the molecule is CC(=O)OCCOCCOCCOCCOCCOCCOCCOCCOCCOCCOCCOCCOc1ccc(C=O)cc1. The lowest BCUT2D eigenvalue weighted by atomic mass is 10.2. The van der Waals surface area contributed by atoms with E-state index in [4.69, 9.17) is 61.6 Å². The van der Waals surface area contributed by atoms with Gasteiger partial charge in [-0.25, -0.2) is 0 Å². The maximum Gasteiger partial charge on any atom is 0.302 e. The molecule has 0 aromatic heterocycles. The van der Waals surface area contributed by atoms with Crippen LogP contribution >= 0.6 is 0 Å². The highest BCUT2D eigenvalue weighted by Crippen LogP contribution is 2.10. The first kappa shape index (κ1) is 43.7. The van der Waals surface area contributed by atoms with Crippen molar-refractivity contribution in [1.29, 1.82) is 0 Å². The molecule has 0 unspecified atom stereocenters. The van der Waals surface area contributed by atoms with Crippen LogP contribution in [0.5, 0.6) is 5.75 Å². The van der Waals surface area contributed by atoms with Crippen molar-refractivity contribution < 1.29 is 71.2 Å². The summed E-state index contributed by atoms with van der Waals surface area (Å²) < 4.78 is 70.1. The molecule has 1 rings (SSSR count). The summed E-state index contributed by atoms with van der Waals surface area (Å²) in [7, 11) is 0. The van der Waals surface area contributed by atoms with Gasteiger partial charge in [-0.15, -0.1) is 0 Å². The van der Waals surface area contributed by atoms with Crippen molar-refractivity contribution in [2.45, 2.75) is 6.92 Å². The van der Waals surface area contributed by atoms with Gasteiger partial charge in [0.05, 0.1) is 145 Å². The summed E-state index contributed by atoms with van der Waals surface area (Å²) >= 11 is 0. The molecular formula is C33H56O15. The largest absolute Gasteiger partial charge is 0.491 e. The summed E-state index contributed by atoms with van der Waals surface area (Å²) in [5.74, 6) is 0.385. The van der Waals surface area contributed by atoms with Gasteiger partial charge in [-0.05, 0) is 24.3 Å². The van der Waals surface area contributed by atoms with Crippen LogP contribution in [0.25, 0.3) is 0 Å². The number of carbonyl (C=O) groups is 2. The molecule has 0 N–H and O–H groups in total. The fourth-order valence-corrected chi connectivity index (χ4v) is 3.41. The van der Waals surface area contributed by atoms with Crippen molar-refractivity contribution in [3.05, 3.63) is 29.8 Å². The zero-order valence-electron chi connectivity index (χ0n) is 28.5. The highest BCUT2D eigenvalue weighted by Gasteiger charge is 1.98. The molecule has 278 valence electrons.